The molecule has 0 unspecified atom stereocenters. The second kappa shape index (κ2) is 4.70. The lowest BCUT2D eigenvalue weighted by atomic mass is 10.3. The van der Waals surface area contributed by atoms with Crippen molar-refractivity contribution in [2.24, 2.45) is 0 Å². The second-order valence-electron chi connectivity index (χ2n) is 3.28. The molecule has 0 aliphatic heterocycles. The van der Waals surface area contributed by atoms with Crippen LogP contribution in [0.2, 0.25) is 5.02 Å². The first-order valence-corrected chi connectivity index (χ1v) is 5.86. The van der Waals surface area contributed by atoms with Gasteiger partial charge in [-0.05, 0) is 18.2 Å². The summed E-state index contributed by atoms with van der Waals surface area (Å²) < 4.78 is 13.0. The van der Waals surface area contributed by atoms with E-state index in [9.17, 15) is 4.39 Å². The van der Waals surface area contributed by atoms with Gasteiger partial charge < -0.3 is 4.90 Å². The Bertz CT molecular complexity index is 591. The Morgan fingerprint density at radius 2 is 2.29 bits per heavy atom. The highest BCUT2D eigenvalue weighted by atomic mass is 35.5. The zero-order valence-corrected chi connectivity index (χ0v) is 10.4. The molecule has 17 heavy (non-hydrogen) atoms. The Labute approximate surface area is 107 Å². The molecule has 0 aliphatic rings. The van der Waals surface area contributed by atoms with Crippen molar-refractivity contribution in [2.75, 3.05) is 11.9 Å². The zero-order valence-electron chi connectivity index (χ0n) is 8.82. The van der Waals surface area contributed by atoms with E-state index in [1.54, 1.807) is 18.0 Å². The third-order valence-electron chi connectivity index (χ3n) is 2.18. The molecule has 0 atom stereocenters. The number of aromatic nitrogens is 1. The fraction of sp³-hybridized carbons (Fsp3) is 0.0909. The lowest BCUT2D eigenvalue weighted by Crippen LogP contribution is -2.08. The Hall–Kier alpha value is -1.64. The Morgan fingerprint density at radius 1 is 1.53 bits per heavy atom. The summed E-state index contributed by atoms with van der Waals surface area (Å²) in [5, 5.41) is 9.43. The van der Waals surface area contributed by atoms with Crippen LogP contribution in [0.25, 0.3) is 0 Å². The van der Waals surface area contributed by atoms with Crippen molar-refractivity contribution >= 4 is 33.8 Å². The fourth-order valence-electron chi connectivity index (χ4n) is 1.28. The largest absolute Gasteiger partial charge is 0.321 e. The van der Waals surface area contributed by atoms with E-state index in [0.717, 1.165) is 5.69 Å². The van der Waals surface area contributed by atoms with Crippen LogP contribution in [0.5, 0.6) is 0 Å². The van der Waals surface area contributed by atoms with Gasteiger partial charge in [0.1, 0.15) is 16.8 Å². The summed E-state index contributed by atoms with van der Waals surface area (Å²) in [5.41, 5.74) is 0.718. The number of halogens is 2. The number of benzene rings is 1. The van der Waals surface area contributed by atoms with Crippen molar-refractivity contribution < 1.29 is 4.39 Å². The molecule has 0 aliphatic carbocycles. The van der Waals surface area contributed by atoms with Crippen LogP contribution in [-0.2, 0) is 0 Å². The highest BCUT2D eigenvalue weighted by Crippen LogP contribution is 2.30. The first-order chi connectivity index (χ1) is 8.11. The van der Waals surface area contributed by atoms with Crippen LogP contribution in [0, 0.1) is 17.1 Å². The molecule has 0 saturated heterocycles. The van der Waals surface area contributed by atoms with Gasteiger partial charge in [-0.2, -0.15) is 5.26 Å². The normalized spacial score (nSPS) is 10.0. The standard InChI is InChI=1S/C11H7ClFN3S/c1-16(11-15-6-8(5-14)17-11)7-2-3-10(13)9(12)4-7/h2-4,6H,1H3. The van der Waals surface area contributed by atoms with Gasteiger partial charge in [0.05, 0.1) is 11.2 Å². The summed E-state index contributed by atoms with van der Waals surface area (Å²) in [7, 11) is 1.78. The van der Waals surface area contributed by atoms with Gasteiger partial charge in [0.15, 0.2) is 5.13 Å². The minimum absolute atomic E-state index is 0.0615. The molecule has 1 aromatic heterocycles. The van der Waals surface area contributed by atoms with E-state index in [0.29, 0.717) is 10.0 Å². The molecule has 0 spiro atoms. The van der Waals surface area contributed by atoms with Crippen LogP contribution in [0.3, 0.4) is 0 Å². The number of anilines is 2. The van der Waals surface area contributed by atoms with Gasteiger partial charge in [0.25, 0.3) is 0 Å². The van der Waals surface area contributed by atoms with E-state index in [4.69, 9.17) is 16.9 Å². The summed E-state index contributed by atoms with van der Waals surface area (Å²) in [4.78, 5) is 6.38. The van der Waals surface area contributed by atoms with Gasteiger partial charge in [-0.15, -0.1) is 0 Å². The number of nitrogens with zero attached hydrogens (tertiary/aromatic N) is 3. The van der Waals surface area contributed by atoms with E-state index in [1.807, 2.05) is 6.07 Å². The van der Waals surface area contributed by atoms with Crippen molar-refractivity contribution in [1.29, 1.82) is 5.26 Å². The first kappa shape index (κ1) is 11.8. The molecular formula is C11H7ClFN3S. The zero-order chi connectivity index (χ0) is 12.4. The van der Waals surface area contributed by atoms with E-state index in [-0.39, 0.29) is 5.02 Å². The Morgan fingerprint density at radius 3 is 2.88 bits per heavy atom. The fourth-order valence-corrected chi connectivity index (χ4v) is 2.15. The van der Waals surface area contributed by atoms with Gasteiger partial charge in [0.2, 0.25) is 0 Å². The Balaban J connectivity index is 2.33. The summed E-state index contributed by atoms with van der Waals surface area (Å²) in [6.45, 7) is 0. The molecule has 2 aromatic rings. The van der Waals surface area contributed by atoms with Crippen molar-refractivity contribution in [2.45, 2.75) is 0 Å². The van der Waals surface area contributed by atoms with Crippen molar-refractivity contribution in [1.82, 2.24) is 4.98 Å². The molecule has 86 valence electrons. The maximum atomic E-state index is 13.0. The molecule has 6 heteroatoms. The predicted octanol–water partition coefficient (Wildman–Crippen LogP) is 3.58. The average molecular weight is 268 g/mol. The number of rotatable bonds is 2. The van der Waals surface area contributed by atoms with Crippen LogP contribution in [-0.4, -0.2) is 12.0 Å². The summed E-state index contributed by atoms with van der Waals surface area (Å²) in [6.07, 6.45) is 1.50. The molecule has 3 nitrogen and oxygen atoms in total. The molecular weight excluding hydrogens is 261 g/mol. The highest BCUT2D eigenvalue weighted by Gasteiger charge is 2.10. The second-order valence-corrected chi connectivity index (χ2v) is 4.69. The maximum absolute atomic E-state index is 13.0. The van der Waals surface area contributed by atoms with Crippen LogP contribution in [0.4, 0.5) is 15.2 Å². The van der Waals surface area contributed by atoms with Gasteiger partial charge >= 0.3 is 0 Å². The summed E-state index contributed by atoms with van der Waals surface area (Å²) >= 11 is 6.97. The first-order valence-electron chi connectivity index (χ1n) is 4.66. The number of nitriles is 1. The maximum Gasteiger partial charge on any atom is 0.190 e. The molecule has 0 bridgehead atoms. The van der Waals surface area contributed by atoms with E-state index < -0.39 is 5.82 Å². The number of hydrogen-bond donors (Lipinski definition) is 0. The lowest BCUT2D eigenvalue weighted by Gasteiger charge is -2.15. The average Bonchev–Trinajstić information content (AvgIpc) is 2.80. The SMILES string of the molecule is CN(c1ccc(F)c(Cl)c1)c1ncc(C#N)s1. The van der Waals surface area contributed by atoms with Crippen LogP contribution in [0.1, 0.15) is 4.88 Å². The van der Waals surface area contributed by atoms with E-state index in [2.05, 4.69) is 4.98 Å². The quantitative estimate of drug-likeness (QED) is 0.835. The van der Waals surface area contributed by atoms with Gasteiger partial charge in [-0.25, -0.2) is 9.37 Å². The smallest absolute Gasteiger partial charge is 0.190 e. The molecule has 0 fully saturated rings. The molecule has 0 N–H and O–H groups in total. The monoisotopic (exact) mass is 267 g/mol. The van der Waals surface area contributed by atoms with E-state index >= 15 is 0 Å². The van der Waals surface area contributed by atoms with Crippen LogP contribution >= 0.6 is 22.9 Å². The predicted molar refractivity (Wildman–Crippen MR) is 66.3 cm³/mol. The van der Waals surface area contributed by atoms with Crippen LogP contribution < -0.4 is 4.90 Å². The van der Waals surface area contributed by atoms with Gasteiger partial charge in [0, 0.05) is 12.7 Å². The van der Waals surface area contributed by atoms with Gasteiger partial charge in [-0.1, -0.05) is 22.9 Å². The van der Waals surface area contributed by atoms with Gasteiger partial charge in [-0.3, -0.25) is 0 Å². The minimum Gasteiger partial charge on any atom is -0.321 e. The molecule has 1 heterocycles. The molecule has 2 rings (SSSR count). The number of thiazole rings is 1. The minimum atomic E-state index is -0.458. The van der Waals surface area contributed by atoms with Crippen molar-refractivity contribution in [3.63, 3.8) is 0 Å². The lowest BCUT2D eigenvalue weighted by molar-refractivity contribution is 0.628. The topological polar surface area (TPSA) is 39.9 Å². The van der Waals surface area contributed by atoms with Crippen molar-refractivity contribution in [3.8, 4) is 6.07 Å². The highest BCUT2D eigenvalue weighted by molar-refractivity contribution is 7.16. The molecule has 0 radical (unpaired) electrons. The molecule has 0 amide bonds. The summed E-state index contributed by atoms with van der Waals surface area (Å²) in [5.74, 6) is -0.458. The third kappa shape index (κ3) is 2.38. The van der Waals surface area contributed by atoms with E-state index in [1.165, 1.54) is 29.7 Å². The Kier molecular flexibility index (Phi) is 3.27. The number of hydrogen-bond acceptors (Lipinski definition) is 4. The molecule has 1 aromatic carbocycles. The van der Waals surface area contributed by atoms with Crippen molar-refractivity contribution in [3.05, 3.63) is 40.1 Å². The molecule has 0 saturated carbocycles. The van der Waals surface area contributed by atoms with Crippen LogP contribution in [0.15, 0.2) is 24.4 Å². The summed E-state index contributed by atoms with van der Waals surface area (Å²) in [6, 6.07) is 6.44. The third-order valence-corrected chi connectivity index (χ3v) is 3.45.